The van der Waals surface area contributed by atoms with Crippen LogP contribution in [-0.4, -0.2) is 22.7 Å². The van der Waals surface area contributed by atoms with Crippen molar-refractivity contribution in [3.8, 4) is 5.75 Å². The summed E-state index contributed by atoms with van der Waals surface area (Å²) in [5, 5.41) is 3.42. The molecule has 5 nitrogen and oxygen atoms in total. The van der Waals surface area contributed by atoms with E-state index in [0.717, 1.165) is 16.8 Å². The van der Waals surface area contributed by atoms with E-state index in [4.69, 9.17) is 28.6 Å². The van der Waals surface area contributed by atoms with Gasteiger partial charge in [0, 0.05) is 10.7 Å². The minimum absolute atomic E-state index is 0.105. The van der Waals surface area contributed by atoms with E-state index in [1.54, 1.807) is 42.5 Å². The van der Waals surface area contributed by atoms with Gasteiger partial charge in [0.15, 0.2) is 10.9 Å². The molecule has 3 aromatic carbocycles. The number of benzene rings is 3. The average molecular weight is 509 g/mol. The first-order chi connectivity index (χ1) is 16.3. The third-order valence-electron chi connectivity index (χ3n) is 5.22. The summed E-state index contributed by atoms with van der Waals surface area (Å²) < 4.78 is 6.06. The largest absolute Gasteiger partial charge is 0.484 e. The number of nitrogens with zero attached hydrogens (tertiary/aromatic N) is 1. The van der Waals surface area contributed by atoms with E-state index in [0.29, 0.717) is 25.7 Å². The van der Waals surface area contributed by atoms with E-state index in [1.165, 1.54) is 22.2 Å². The molecule has 1 aliphatic heterocycles. The molecule has 0 aliphatic carbocycles. The summed E-state index contributed by atoms with van der Waals surface area (Å²) >= 11 is 12.6. The van der Waals surface area contributed by atoms with Crippen molar-refractivity contribution in [2.24, 2.45) is 0 Å². The molecule has 0 aromatic heterocycles. The molecule has 172 valence electrons. The van der Waals surface area contributed by atoms with Crippen molar-refractivity contribution in [2.75, 3.05) is 16.8 Å². The molecule has 1 fully saturated rings. The fourth-order valence-corrected chi connectivity index (χ4v) is 4.68. The Balaban J connectivity index is 1.36. The van der Waals surface area contributed by atoms with Crippen LogP contribution in [0.1, 0.15) is 16.7 Å². The molecular formula is C26H21ClN2O3S2. The molecule has 2 amide bonds. The van der Waals surface area contributed by atoms with Crippen molar-refractivity contribution in [2.45, 2.75) is 13.8 Å². The van der Waals surface area contributed by atoms with Gasteiger partial charge in [0.05, 0.1) is 10.6 Å². The predicted octanol–water partition coefficient (Wildman–Crippen LogP) is 6.38. The van der Waals surface area contributed by atoms with E-state index in [1.807, 2.05) is 44.2 Å². The van der Waals surface area contributed by atoms with Gasteiger partial charge in [-0.05, 0) is 85.1 Å². The maximum atomic E-state index is 12.9. The molecule has 0 saturated carbocycles. The van der Waals surface area contributed by atoms with Crippen LogP contribution >= 0.6 is 35.6 Å². The average Bonchev–Trinajstić information content (AvgIpc) is 3.09. The lowest BCUT2D eigenvalue weighted by Crippen LogP contribution is -2.27. The summed E-state index contributed by atoms with van der Waals surface area (Å²) in [7, 11) is 0. The standard InChI is InChI=1S/C26H21ClN2O3S2/c1-16-3-8-20(13-17(16)2)28-24(30)15-32-22-11-4-18(5-12-22)14-23-25(31)29(26(33)34-23)21-9-6-19(27)7-10-21/h3-14H,15H2,1-2H3,(H,28,30)/b23-14+. The van der Waals surface area contributed by atoms with Crippen molar-refractivity contribution in [3.63, 3.8) is 0 Å². The van der Waals surface area contributed by atoms with Crippen LogP contribution < -0.4 is 15.0 Å². The van der Waals surface area contributed by atoms with Gasteiger partial charge in [-0.15, -0.1) is 0 Å². The summed E-state index contributed by atoms with van der Waals surface area (Å²) in [5.74, 6) is 0.139. The topological polar surface area (TPSA) is 58.6 Å². The molecule has 0 radical (unpaired) electrons. The van der Waals surface area contributed by atoms with Gasteiger partial charge >= 0.3 is 0 Å². The van der Waals surface area contributed by atoms with Crippen molar-refractivity contribution in [1.82, 2.24) is 0 Å². The molecule has 1 heterocycles. The zero-order chi connectivity index (χ0) is 24.2. The van der Waals surface area contributed by atoms with E-state index < -0.39 is 0 Å². The number of carbonyl (C=O) groups is 2. The van der Waals surface area contributed by atoms with E-state index in [-0.39, 0.29) is 18.4 Å². The molecule has 1 aliphatic rings. The minimum atomic E-state index is -0.238. The van der Waals surface area contributed by atoms with E-state index in [9.17, 15) is 9.59 Å². The quantitative estimate of drug-likeness (QED) is 0.309. The Morgan fingerprint density at radius 1 is 1.06 bits per heavy atom. The second kappa shape index (κ2) is 10.4. The number of thioether (sulfide) groups is 1. The molecular weight excluding hydrogens is 488 g/mol. The van der Waals surface area contributed by atoms with Crippen LogP contribution in [0.25, 0.3) is 6.08 Å². The lowest BCUT2D eigenvalue weighted by molar-refractivity contribution is -0.118. The van der Waals surface area contributed by atoms with Gasteiger partial charge in [0.25, 0.3) is 11.8 Å². The van der Waals surface area contributed by atoms with Crippen molar-refractivity contribution in [3.05, 3.63) is 93.3 Å². The van der Waals surface area contributed by atoms with Crippen LogP contribution in [0.15, 0.2) is 71.6 Å². The van der Waals surface area contributed by atoms with Crippen LogP contribution in [-0.2, 0) is 9.59 Å². The molecule has 0 bridgehead atoms. The molecule has 1 saturated heterocycles. The Morgan fingerprint density at radius 2 is 1.76 bits per heavy atom. The SMILES string of the molecule is Cc1ccc(NC(=O)COc2ccc(/C=C3/SC(=S)N(c4ccc(Cl)cc4)C3=O)cc2)cc1C. The number of nitrogens with one attached hydrogen (secondary N) is 1. The van der Waals surface area contributed by atoms with Crippen molar-refractivity contribution in [1.29, 1.82) is 0 Å². The summed E-state index contributed by atoms with van der Waals surface area (Å²) in [4.78, 5) is 27.1. The van der Waals surface area contributed by atoms with Gasteiger partial charge in [0.1, 0.15) is 5.75 Å². The summed E-state index contributed by atoms with van der Waals surface area (Å²) in [6.45, 7) is 3.92. The second-order valence-electron chi connectivity index (χ2n) is 7.70. The first kappa shape index (κ1) is 24.0. The van der Waals surface area contributed by atoms with Gasteiger partial charge in [0.2, 0.25) is 0 Å². The van der Waals surface area contributed by atoms with Gasteiger partial charge in [-0.3, -0.25) is 14.5 Å². The Kier molecular flexibility index (Phi) is 7.36. The van der Waals surface area contributed by atoms with Crippen LogP contribution in [0.5, 0.6) is 5.75 Å². The zero-order valence-corrected chi connectivity index (χ0v) is 20.9. The Morgan fingerprint density at radius 3 is 2.44 bits per heavy atom. The van der Waals surface area contributed by atoms with Crippen molar-refractivity contribution >= 4 is 69.2 Å². The monoisotopic (exact) mass is 508 g/mol. The highest BCUT2D eigenvalue weighted by Crippen LogP contribution is 2.36. The number of aryl methyl sites for hydroxylation is 2. The van der Waals surface area contributed by atoms with Gasteiger partial charge in [-0.25, -0.2) is 0 Å². The molecule has 8 heteroatoms. The molecule has 0 unspecified atom stereocenters. The molecule has 0 atom stereocenters. The van der Waals surface area contributed by atoms with Crippen LogP contribution in [0.3, 0.4) is 0 Å². The number of hydrogen-bond donors (Lipinski definition) is 1. The third kappa shape index (κ3) is 5.67. The maximum Gasteiger partial charge on any atom is 0.270 e. The molecule has 0 spiro atoms. The first-order valence-corrected chi connectivity index (χ1v) is 12.0. The second-order valence-corrected chi connectivity index (χ2v) is 9.81. The highest BCUT2D eigenvalue weighted by molar-refractivity contribution is 8.27. The van der Waals surface area contributed by atoms with E-state index >= 15 is 0 Å². The molecule has 4 rings (SSSR count). The fourth-order valence-electron chi connectivity index (χ4n) is 3.26. The highest BCUT2D eigenvalue weighted by atomic mass is 35.5. The van der Waals surface area contributed by atoms with Crippen LogP contribution in [0.4, 0.5) is 11.4 Å². The maximum absolute atomic E-state index is 12.9. The summed E-state index contributed by atoms with van der Waals surface area (Å²) in [5.41, 5.74) is 4.52. The first-order valence-electron chi connectivity index (χ1n) is 10.4. The lowest BCUT2D eigenvalue weighted by Gasteiger charge is -2.14. The fraction of sp³-hybridized carbons (Fsp3) is 0.115. The highest BCUT2D eigenvalue weighted by Gasteiger charge is 2.33. The van der Waals surface area contributed by atoms with Gasteiger partial charge < -0.3 is 10.1 Å². The number of carbonyl (C=O) groups excluding carboxylic acids is 2. The minimum Gasteiger partial charge on any atom is -0.484 e. The number of halogens is 1. The summed E-state index contributed by atoms with van der Waals surface area (Å²) in [6, 6.07) is 19.9. The Bertz CT molecular complexity index is 1290. The third-order valence-corrected chi connectivity index (χ3v) is 6.77. The van der Waals surface area contributed by atoms with Gasteiger partial charge in [-0.2, -0.15) is 0 Å². The number of ether oxygens (including phenoxy) is 1. The number of amides is 2. The Hall–Kier alpha value is -3.13. The normalized spacial score (nSPS) is 14.6. The summed E-state index contributed by atoms with van der Waals surface area (Å²) in [6.07, 6.45) is 1.78. The number of hydrogen-bond acceptors (Lipinski definition) is 5. The van der Waals surface area contributed by atoms with E-state index in [2.05, 4.69) is 5.32 Å². The number of rotatable bonds is 6. The van der Waals surface area contributed by atoms with Gasteiger partial charge in [-0.1, -0.05) is 53.8 Å². The van der Waals surface area contributed by atoms with Crippen LogP contribution in [0, 0.1) is 13.8 Å². The molecule has 1 N–H and O–H groups in total. The predicted molar refractivity (Wildman–Crippen MR) is 144 cm³/mol. The molecule has 3 aromatic rings. The number of anilines is 2. The zero-order valence-electron chi connectivity index (χ0n) is 18.5. The smallest absolute Gasteiger partial charge is 0.270 e. The van der Waals surface area contributed by atoms with Crippen molar-refractivity contribution < 1.29 is 14.3 Å². The van der Waals surface area contributed by atoms with Crippen LogP contribution in [0.2, 0.25) is 5.02 Å². The molecule has 34 heavy (non-hydrogen) atoms. The lowest BCUT2D eigenvalue weighted by atomic mass is 10.1. The number of thiocarbonyl (C=S) groups is 1. The Labute approximate surface area is 212 Å².